The molecular weight excluding hydrogens is 712 g/mol. The van der Waals surface area contributed by atoms with Crippen LogP contribution in [-0.2, 0) is 47.9 Å². The Morgan fingerprint density at radius 1 is 0.648 bits per heavy atom. The zero-order chi connectivity index (χ0) is 44.1. The highest BCUT2D eigenvalue weighted by Gasteiger charge is 2.13. The second kappa shape index (κ2) is 50.2. The van der Waals surface area contributed by atoms with Crippen molar-refractivity contribution in [3.63, 3.8) is 0 Å². The summed E-state index contributed by atoms with van der Waals surface area (Å²) in [6, 6.07) is 0.421. The van der Waals surface area contributed by atoms with E-state index in [-0.39, 0.29) is 56.4 Å². The standard InChI is InChI=1S/C10H17N3O4.C6H12N2O2.C5H11NO.C4H10N2O.C4H9NO2.C2H5NO.C2H6/c1-3-8(15)12-6-10(17)13(2)7-9(16)11-4-5-14;1-8(2)5-6(10)7-3-4-9;1-5(2)6-3-4-7;1-6(2)3-4(5)7;1-5(2)3-4(6)7;1-3-2-4;1-2/h5H,3-4,6-7H2,1-2H3,(H,11,16)(H,12,15);4H,3,5H2,1-2H3,(H,7,10);4-6H,3H2,1-2H3;3H2,1-2H3,(H2,5,7);3H2,1-2H3,(H,6,7);2H,1H3,(H,3,4);1-2H3. The van der Waals surface area contributed by atoms with Crippen molar-refractivity contribution in [1.82, 2.24) is 46.2 Å². The number of aliphatic carboxylic acids is 1. The van der Waals surface area contributed by atoms with Gasteiger partial charge in [-0.05, 0) is 42.3 Å². The molecule has 0 aromatic rings. The van der Waals surface area contributed by atoms with E-state index in [0.29, 0.717) is 51.1 Å². The van der Waals surface area contributed by atoms with Crippen LogP contribution in [0.3, 0.4) is 0 Å². The summed E-state index contributed by atoms with van der Waals surface area (Å²) in [5, 5.41) is 20.4. The van der Waals surface area contributed by atoms with Crippen molar-refractivity contribution in [3.8, 4) is 0 Å². The van der Waals surface area contributed by atoms with E-state index in [4.69, 9.17) is 15.6 Å². The molecule has 54 heavy (non-hydrogen) atoms. The van der Waals surface area contributed by atoms with Gasteiger partial charge in [-0.25, -0.2) is 0 Å². The van der Waals surface area contributed by atoms with Gasteiger partial charge in [-0.2, -0.15) is 0 Å². The predicted octanol–water partition coefficient (Wildman–Crippen LogP) is -3.61. The Morgan fingerprint density at radius 3 is 1.26 bits per heavy atom. The smallest absolute Gasteiger partial charge is 0.317 e. The third-order valence-corrected chi connectivity index (χ3v) is 4.44. The summed E-state index contributed by atoms with van der Waals surface area (Å²) in [6.45, 7) is 10.7. The Labute approximate surface area is 321 Å². The molecule has 0 atom stereocenters. The molecule has 8 N–H and O–H groups in total. The van der Waals surface area contributed by atoms with Gasteiger partial charge in [-0.1, -0.05) is 34.6 Å². The van der Waals surface area contributed by atoms with Gasteiger partial charge in [0.2, 0.25) is 35.9 Å². The summed E-state index contributed by atoms with van der Waals surface area (Å²) >= 11 is 0. The monoisotopic (exact) mass is 783 g/mol. The van der Waals surface area contributed by atoms with Crippen LogP contribution in [-0.4, -0.2) is 200 Å². The Hall–Kier alpha value is -4.86. The minimum atomic E-state index is -0.787. The lowest BCUT2D eigenvalue weighted by Crippen LogP contribution is -2.43. The molecule has 0 fully saturated rings. The topological polar surface area (TPSA) is 290 Å². The number of carboxylic acids is 1. The number of nitrogens with two attached hydrogens (primary N) is 1. The molecule has 0 saturated carbocycles. The van der Waals surface area contributed by atoms with Crippen LogP contribution in [0.2, 0.25) is 0 Å². The fourth-order valence-electron chi connectivity index (χ4n) is 2.31. The third kappa shape index (κ3) is 81.3. The lowest BCUT2D eigenvalue weighted by molar-refractivity contribution is -0.137. The molecule has 0 aliphatic heterocycles. The van der Waals surface area contributed by atoms with Crippen molar-refractivity contribution in [2.75, 3.05) is 109 Å². The Bertz CT molecular complexity index is 978. The summed E-state index contributed by atoms with van der Waals surface area (Å²) in [4.78, 5) is 109. The molecule has 6 amide bonds. The lowest BCUT2D eigenvalue weighted by atomic mass is 10.4. The molecule has 0 aliphatic carbocycles. The van der Waals surface area contributed by atoms with Gasteiger partial charge in [0, 0.05) is 26.6 Å². The number of carbonyl (C=O) groups is 10. The number of amides is 6. The van der Waals surface area contributed by atoms with E-state index in [9.17, 15) is 43.2 Å². The summed E-state index contributed by atoms with van der Waals surface area (Å²) < 4.78 is 0. The molecule has 0 unspecified atom stereocenters. The number of hydrogen-bond acceptors (Lipinski definition) is 14. The van der Waals surface area contributed by atoms with Gasteiger partial charge in [0.1, 0.15) is 18.9 Å². The fraction of sp³-hybridized carbons (Fsp3) is 0.697. The van der Waals surface area contributed by atoms with Crippen LogP contribution in [0.4, 0.5) is 0 Å². The van der Waals surface area contributed by atoms with Crippen LogP contribution in [0.5, 0.6) is 0 Å². The average Bonchev–Trinajstić information content (AvgIpc) is 3.08. The Kier molecular flexibility index (Phi) is 59.7. The molecule has 0 aromatic carbocycles. The maximum Gasteiger partial charge on any atom is 0.317 e. The number of hydrogen-bond donors (Lipinski definition) is 7. The highest BCUT2D eigenvalue weighted by molar-refractivity contribution is 5.88. The quantitative estimate of drug-likeness (QED) is 0.0623. The number of rotatable bonds is 19. The molecule has 0 aromatic heterocycles. The first-order chi connectivity index (χ1) is 25.1. The first-order valence-electron chi connectivity index (χ1n) is 16.7. The van der Waals surface area contributed by atoms with Gasteiger partial charge in [-0.3, -0.25) is 38.5 Å². The number of nitrogens with zero attached hydrogens (tertiary/aromatic N) is 4. The first-order valence-corrected chi connectivity index (χ1v) is 16.7. The van der Waals surface area contributed by atoms with Crippen LogP contribution < -0.4 is 32.3 Å². The molecule has 318 valence electrons. The maximum absolute atomic E-state index is 11.4. The van der Waals surface area contributed by atoms with E-state index in [1.165, 1.54) is 11.9 Å². The van der Waals surface area contributed by atoms with Crippen molar-refractivity contribution in [2.45, 2.75) is 47.1 Å². The summed E-state index contributed by atoms with van der Waals surface area (Å²) in [6.07, 6.45) is 3.01. The van der Waals surface area contributed by atoms with Crippen LogP contribution in [0.1, 0.15) is 41.0 Å². The number of nitrogens with one attached hydrogen (secondary N) is 5. The summed E-state index contributed by atoms with van der Waals surface area (Å²) in [5.41, 5.74) is 4.81. The highest BCUT2D eigenvalue weighted by atomic mass is 16.4. The predicted molar refractivity (Wildman–Crippen MR) is 207 cm³/mol. The first kappa shape index (κ1) is 64.1. The molecule has 0 spiro atoms. The van der Waals surface area contributed by atoms with Crippen molar-refractivity contribution >= 4 is 60.8 Å². The molecule has 21 heteroatoms. The van der Waals surface area contributed by atoms with Crippen LogP contribution in [0, 0.1) is 0 Å². The molecule has 21 nitrogen and oxygen atoms in total. The minimum absolute atomic E-state index is 0.0760. The Balaban J connectivity index is -0.000000103. The van der Waals surface area contributed by atoms with Crippen LogP contribution in [0.25, 0.3) is 0 Å². The summed E-state index contributed by atoms with van der Waals surface area (Å²) in [5.74, 6) is -2.22. The lowest BCUT2D eigenvalue weighted by Gasteiger charge is -2.16. The summed E-state index contributed by atoms with van der Waals surface area (Å²) in [7, 11) is 13.6. The zero-order valence-electron chi connectivity index (χ0n) is 34.6. The van der Waals surface area contributed by atoms with Crippen molar-refractivity contribution in [3.05, 3.63) is 0 Å². The maximum atomic E-state index is 11.4. The molecule has 0 radical (unpaired) electrons. The molecule has 0 saturated heterocycles. The van der Waals surface area contributed by atoms with Gasteiger partial charge in [0.25, 0.3) is 0 Å². The molecule has 0 bridgehead atoms. The van der Waals surface area contributed by atoms with Gasteiger partial charge in [-0.15, -0.1) is 0 Å². The number of primary amides is 1. The van der Waals surface area contributed by atoms with Crippen molar-refractivity contribution in [2.24, 2.45) is 5.73 Å². The number of carbonyl (C=O) groups excluding carboxylic acids is 9. The molecular formula is C33H70N10O11. The van der Waals surface area contributed by atoms with Crippen LogP contribution in [0.15, 0.2) is 0 Å². The Morgan fingerprint density at radius 2 is 1.04 bits per heavy atom. The SMILES string of the molecule is CC.CC(C)NCC=O.CCC(=O)NCC(=O)N(C)CC(=O)NCC=O.CN(C)CC(=O)NCC=O.CN(C)CC(=O)O.CN(C)CC(N)=O.CNC=O. The second-order valence-electron chi connectivity index (χ2n) is 11.0. The number of carboxylic acid groups (broad SMARTS) is 1. The van der Waals surface area contributed by atoms with Gasteiger partial charge >= 0.3 is 5.97 Å². The van der Waals surface area contributed by atoms with Gasteiger partial charge < -0.3 is 66.5 Å². The highest BCUT2D eigenvalue weighted by Crippen LogP contribution is 1.85. The molecule has 0 heterocycles. The van der Waals surface area contributed by atoms with E-state index < -0.39 is 11.9 Å². The van der Waals surface area contributed by atoms with Crippen molar-refractivity contribution < 1.29 is 53.1 Å². The second-order valence-corrected chi connectivity index (χ2v) is 11.0. The minimum Gasteiger partial charge on any atom is -0.480 e. The van der Waals surface area contributed by atoms with Crippen LogP contribution >= 0.6 is 0 Å². The molecule has 0 aliphatic rings. The van der Waals surface area contributed by atoms with E-state index in [1.807, 2.05) is 27.7 Å². The van der Waals surface area contributed by atoms with Gasteiger partial charge in [0.05, 0.1) is 52.4 Å². The normalized spacial score (nSPS) is 8.91. The molecule has 0 rings (SSSR count). The van der Waals surface area contributed by atoms with E-state index in [0.717, 1.165) is 6.29 Å². The van der Waals surface area contributed by atoms with E-state index in [2.05, 4.69) is 26.6 Å². The van der Waals surface area contributed by atoms with E-state index >= 15 is 0 Å². The number of likely N-dealkylation sites (N-methyl/N-ethyl adjacent to an activating group) is 4. The average molecular weight is 783 g/mol. The third-order valence-electron chi connectivity index (χ3n) is 4.44. The number of aldehydes is 3. The zero-order valence-corrected chi connectivity index (χ0v) is 34.6. The van der Waals surface area contributed by atoms with Crippen molar-refractivity contribution in [1.29, 1.82) is 0 Å². The fourth-order valence-corrected chi connectivity index (χ4v) is 2.31. The van der Waals surface area contributed by atoms with E-state index in [1.54, 1.807) is 71.0 Å². The largest absolute Gasteiger partial charge is 0.480 e. The van der Waals surface area contributed by atoms with Gasteiger partial charge in [0.15, 0.2) is 0 Å².